The highest BCUT2D eigenvalue weighted by atomic mass is 32.1. The van der Waals surface area contributed by atoms with Crippen molar-refractivity contribution in [2.24, 2.45) is 0 Å². The summed E-state index contributed by atoms with van der Waals surface area (Å²) in [5.41, 5.74) is 0.987. The quantitative estimate of drug-likeness (QED) is 0.538. The van der Waals surface area contributed by atoms with Crippen LogP contribution in [-0.2, 0) is 0 Å². The fraction of sp³-hybridized carbons (Fsp3) is 0.304. The molecule has 1 aliphatic rings. The van der Waals surface area contributed by atoms with Crippen molar-refractivity contribution in [1.82, 2.24) is 15.1 Å². The van der Waals surface area contributed by atoms with Gasteiger partial charge in [0.2, 0.25) is 5.01 Å². The normalized spacial score (nSPS) is 15.5. The zero-order valence-electron chi connectivity index (χ0n) is 18.7. The van der Waals surface area contributed by atoms with Crippen LogP contribution in [0.25, 0.3) is 0 Å². The topological polar surface area (TPSA) is 106 Å². The van der Waals surface area contributed by atoms with Gasteiger partial charge >= 0.3 is 6.03 Å². The third-order valence-corrected chi connectivity index (χ3v) is 6.53. The van der Waals surface area contributed by atoms with Gasteiger partial charge in [0.05, 0.1) is 19.9 Å². The number of amides is 3. The molecule has 1 fully saturated rings. The summed E-state index contributed by atoms with van der Waals surface area (Å²) in [6, 6.07) is 10.4. The van der Waals surface area contributed by atoms with E-state index in [0.717, 1.165) is 12.8 Å². The fourth-order valence-electron chi connectivity index (χ4n) is 3.68. The van der Waals surface area contributed by atoms with E-state index >= 15 is 0 Å². The smallest absolute Gasteiger partial charge is 0.321 e. The molecule has 3 aromatic rings. The maximum atomic E-state index is 13.1. The lowest BCUT2D eigenvalue weighted by molar-refractivity contribution is 0.102. The number of nitrogens with one attached hydrogen (secondary N) is 2. The number of urea groups is 1. The summed E-state index contributed by atoms with van der Waals surface area (Å²) < 4.78 is 23.6. The summed E-state index contributed by atoms with van der Waals surface area (Å²) >= 11 is 1.20. The molecule has 11 heteroatoms. The van der Waals surface area contributed by atoms with E-state index in [0.29, 0.717) is 41.0 Å². The lowest BCUT2D eigenvalue weighted by atomic mass is 9.99. The van der Waals surface area contributed by atoms with E-state index in [-0.39, 0.29) is 22.8 Å². The first kappa shape index (κ1) is 23.4. The van der Waals surface area contributed by atoms with Gasteiger partial charge in [-0.05, 0) is 49.2 Å². The Morgan fingerprint density at radius 1 is 1.09 bits per heavy atom. The molecule has 9 nitrogen and oxygen atoms in total. The number of benzene rings is 2. The molecular formula is C23H24FN5O4S. The standard InChI is InChI=1S/C23H24FN5O4S/c1-32-17-9-10-19(33-2)18(12-17)26-23(31)29-11-3-4-14(13-29)21-27-28-22(34-21)20(30)25-16-7-5-15(24)6-8-16/h5-10,12,14H,3-4,11,13H2,1-2H3,(H,25,30)(H,26,31). The molecule has 34 heavy (non-hydrogen) atoms. The number of ether oxygens (including phenoxy) is 2. The van der Waals surface area contributed by atoms with Crippen LogP contribution < -0.4 is 20.1 Å². The molecular weight excluding hydrogens is 461 g/mol. The lowest BCUT2D eigenvalue weighted by Gasteiger charge is -2.31. The number of piperidine rings is 1. The fourth-order valence-corrected chi connectivity index (χ4v) is 4.54. The van der Waals surface area contributed by atoms with Gasteiger partial charge in [-0.3, -0.25) is 4.79 Å². The first-order valence-electron chi connectivity index (χ1n) is 10.6. The number of likely N-dealkylation sites (tertiary alicyclic amines) is 1. The molecule has 0 radical (unpaired) electrons. The van der Waals surface area contributed by atoms with Crippen LogP contribution in [0, 0.1) is 5.82 Å². The van der Waals surface area contributed by atoms with E-state index in [9.17, 15) is 14.0 Å². The van der Waals surface area contributed by atoms with E-state index < -0.39 is 5.91 Å². The molecule has 0 spiro atoms. The van der Waals surface area contributed by atoms with Crippen molar-refractivity contribution in [3.05, 3.63) is 58.3 Å². The molecule has 1 saturated heterocycles. The number of aromatic nitrogens is 2. The Morgan fingerprint density at radius 2 is 1.88 bits per heavy atom. The van der Waals surface area contributed by atoms with Crippen LogP contribution in [-0.4, -0.2) is 54.3 Å². The predicted molar refractivity (Wildman–Crippen MR) is 126 cm³/mol. The highest BCUT2D eigenvalue weighted by molar-refractivity contribution is 7.13. The zero-order chi connectivity index (χ0) is 24.1. The number of anilines is 2. The summed E-state index contributed by atoms with van der Waals surface area (Å²) in [6.45, 7) is 1.05. The lowest BCUT2D eigenvalue weighted by Crippen LogP contribution is -2.41. The highest BCUT2D eigenvalue weighted by Crippen LogP contribution is 2.32. The van der Waals surface area contributed by atoms with Crippen LogP contribution in [0.4, 0.5) is 20.6 Å². The summed E-state index contributed by atoms with van der Waals surface area (Å²) in [5.74, 6) is 0.311. The van der Waals surface area contributed by atoms with Crippen LogP contribution in [0.3, 0.4) is 0 Å². The van der Waals surface area contributed by atoms with Gasteiger partial charge in [0.1, 0.15) is 22.3 Å². The van der Waals surface area contributed by atoms with Crippen LogP contribution in [0.5, 0.6) is 11.5 Å². The van der Waals surface area contributed by atoms with Crippen molar-refractivity contribution in [3.8, 4) is 11.5 Å². The summed E-state index contributed by atoms with van der Waals surface area (Å²) in [7, 11) is 3.09. The van der Waals surface area contributed by atoms with Crippen LogP contribution >= 0.6 is 11.3 Å². The van der Waals surface area contributed by atoms with Gasteiger partial charge in [0, 0.05) is 30.8 Å². The minimum atomic E-state index is -0.411. The summed E-state index contributed by atoms with van der Waals surface area (Å²) in [6.07, 6.45) is 1.63. The molecule has 0 aliphatic carbocycles. The van der Waals surface area contributed by atoms with E-state index in [2.05, 4.69) is 20.8 Å². The second-order valence-corrected chi connectivity index (χ2v) is 8.70. The van der Waals surface area contributed by atoms with E-state index in [4.69, 9.17) is 9.47 Å². The van der Waals surface area contributed by atoms with Gasteiger partial charge < -0.3 is 25.0 Å². The average Bonchev–Trinajstić information content (AvgIpc) is 3.36. The monoisotopic (exact) mass is 485 g/mol. The number of hydrogen-bond donors (Lipinski definition) is 2. The van der Waals surface area contributed by atoms with Gasteiger partial charge in [-0.2, -0.15) is 0 Å². The Kier molecular flexibility index (Phi) is 7.21. The molecule has 0 bridgehead atoms. The first-order valence-corrected chi connectivity index (χ1v) is 11.5. The Morgan fingerprint density at radius 3 is 2.62 bits per heavy atom. The van der Waals surface area contributed by atoms with Crippen LogP contribution in [0.15, 0.2) is 42.5 Å². The van der Waals surface area contributed by atoms with Gasteiger partial charge in [0.25, 0.3) is 5.91 Å². The maximum Gasteiger partial charge on any atom is 0.321 e. The van der Waals surface area contributed by atoms with Crippen LogP contribution in [0.2, 0.25) is 0 Å². The summed E-state index contributed by atoms with van der Waals surface area (Å²) in [5, 5.41) is 14.7. The number of halogens is 1. The number of methoxy groups -OCH3 is 2. The summed E-state index contributed by atoms with van der Waals surface area (Å²) in [4.78, 5) is 27.2. The molecule has 0 saturated carbocycles. The third kappa shape index (κ3) is 5.42. The third-order valence-electron chi connectivity index (χ3n) is 5.44. The van der Waals surface area contributed by atoms with Crippen molar-refractivity contribution in [2.45, 2.75) is 18.8 Å². The van der Waals surface area contributed by atoms with Crippen molar-refractivity contribution in [3.63, 3.8) is 0 Å². The molecule has 1 unspecified atom stereocenters. The average molecular weight is 486 g/mol. The minimum Gasteiger partial charge on any atom is -0.497 e. The number of rotatable bonds is 6. The second kappa shape index (κ2) is 10.5. The van der Waals surface area contributed by atoms with Crippen molar-refractivity contribution in [1.29, 1.82) is 0 Å². The molecule has 2 N–H and O–H groups in total. The molecule has 4 rings (SSSR count). The highest BCUT2D eigenvalue weighted by Gasteiger charge is 2.28. The van der Waals surface area contributed by atoms with Gasteiger partial charge in [-0.1, -0.05) is 11.3 Å². The number of hydrogen-bond acceptors (Lipinski definition) is 7. The van der Waals surface area contributed by atoms with Gasteiger partial charge in [-0.15, -0.1) is 10.2 Å². The second-order valence-electron chi connectivity index (χ2n) is 7.69. The van der Waals surface area contributed by atoms with E-state index in [1.807, 2.05) is 0 Å². The SMILES string of the molecule is COc1ccc(OC)c(NC(=O)N2CCCC(c3nnc(C(=O)Nc4ccc(F)cc4)s3)C2)c1. The van der Waals surface area contributed by atoms with Crippen molar-refractivity contribution < 1.29 is 23.5 Å². The molecule has 1 atom stereocenters. The number of carbonyl (C=O) groups excluding carboxylic acids is 2. The van der Waals surface area contributed by atoms with Gasteiger partial charge in [-0.25, -0.2) is 9.18 Å². The molecule has 1 aliphatic heterocycles. The molecule has 3 amide bonds. The minimum absolute atomic E-state index is 0.0309. The van der Waals surface area contributed by atoms with E-state index in [1.165, 1.54) is 42.7 Å². The van der Waals surface area contributed by atoms with E-state index in [1.54, 1.807) is 30.2 Å². The Hall–Kier alpha value is -3.73. The molecule has 1 aromatic heterocycles. The molecule has 2 heterocycles. The Labute approximate surface area is 199 Å². The maximum absolute atomic E-state index is 13.1. The predicted octanol–water partition coefficient (Wildman–Crippen LogP) is 4.36. The molecule has 178 valence electrons. The van der Waals surface area contributed by atoms with Crippen LogP contribution in [0.1, 0.15) is 33.6 Å². The van der Waals surface area contributed by atoms with Crippen molar-refractivity contribution in [2.75, 3.05) is 37.9 Å². The first-order chi connectivity index (χ1) is 16.5. The molecule has 2 aromatic carbocycles. The largest absolute Gasteiger partial charge is 0.497 e. The Bertz CT molecular complexity index is 1170. The van der Waals surface area contributed by atoms with Gasteiger partial charge in [0.15, 0.2) is 0 Å². The van der Waals surface area contributed by atoms with Crippen molar-refractivity contribution >= 4 is 34.6 Å². The Balaban J connectivity index is 1.40. The zero-order valence-corrected chi connectivity index (χ0v) is 19.5. The number of carbonyl (C=O) groups is 2. The number of nitrogens with zero attached hydrogens (tertiary/aromatic N) is 3.